The second kappa shape index (κ2) is 4.89. The first-order valence-electron chi connectivity index (χ1n) is 6.04. The highest BCUT2D eigenvalue weighted by atomic mass is 19.4. The van der Waals surface area contributed by atoms with E-state index in [0.717, 1.165) is 6.92 Å². The smallest absolute Gasteiger partial charge is 0.300 e. The van der Waals surface area contributed by atoms with Crippen molar-refractivity contribution in [2.24, 2.45) is 0 Å². The Morgan fingerprint density at radius 2 is 1.27 bits per heavy atom. The molecule has 0 aromatic carbocycles. The maximum atomic E-state index is 14.4. The summed E-state index contributed by atoms with van der Waals surface area (Å²) in [5, 5.41) is 0. The first-order valence-corrected chi connectivity index (χ1v) is 6.04. The molecule has 0 spiro atoms. The van der Waals surface area contributed by atoms with E-state index in [0.29, 0.717) is 0 Å². The van der Waals surface area contributed by atoms with Crippen LogP contribution in [0.4, 0.5) is 39.5 Å². The number of rotatable bonds is 4. The zero-order valence-corrected chi connectivity index (χ0v) is 11.6. The molecule has 3 atom stereocenters. The monoisotopic (exact) mass is 348 g/mol. The predicted molar refractivity (Wildman–Crippen MR) is 54.8 cm³/mol. The van der Waals surface area contributed by atoms with Gasteiger partial charge in [-0.1, -0.05) is 6.92 Å². The Morgan fingerprint density at radius 1 is 0.864 bits per heavy atom. The second-order valence-electron chi connectivity index (χ2n) is 5.23. The molecule has 1 fully saturated rings. The summed E-state index contributed by atoms with van der Waals surface area (Å²) in [4.78, 5) is 0. The van der Waals surface area contributed by atoms with Crippen molar-refractivity contribution in [1.82, 2.24) is 0 Å². The lowest BCUT2D eigenvalue weighted by atomic mass is 9.96. The van der Waals surface area contributed by atoms with E-state index >= 15 is 0 Å². The highest BCUT2D eigenvalue weighted by molar-refractivity contribution is 5.01. The van der Waals surface area contributed by atoms with Gasteiger partial charge in [-0.2, -0.15) is 22.0 Å². The average molecular weight is 348 g/mol. The van der Waals surface area contributed by atoms with E-state index in [-0.39, 0.29) is 13.8 Å². The molecule has 0 saturated carbocycles. The molecular weight excluding hydrogens is 335 g/mol. The van der Waals surface area contributed by atoms with E-state index in [1.54, 1.807) is 0 Å². The Kier molecular flexibility index (Phi) is 4.30. The van der Waals surface area contributed by atoms with Gasteiger partial charge in [-0.05, 0) is 6.92 Å². The van der Waals surface area contributed by atoms with Crippen molar-refractivity contribution in [3.63, 3.8) is 0 Å². The lowest BCUT2D eigenvalue weighted by Crippen LogP contribution is -2.52. The zero-order chi connectivity index (χ0) is 17.8. The molecule has 1 aliphatic rings. The molecule has 0 bridgehead atoms. The molecule has 132 valence electrons. The van der Waals surface area contributed by atoms with E-state index in [9.17, 15) is 39.5 Å². The molecule has 11 heteroatoms. The van der Waals surface area contributed by atoms with Gasteiger partial charge in [0.1, 0.15) is 0 Å². The molecule has 22 heavy (non-hydrogen) atoms. The van der Waals surface area contributed by atoms with Gasteiger partial charge in [-0.25, -0.2) is 17.6 Å². The SMILES string of the molecule is CCC1(F)OC(C)(C(F)(F)F)OC1(F)CC(F)(F)C(C)(F)F. The Hall–Kier alpha value is -0.710. The molecule has 1 aliphatic heterocycles. The van der Waals surface area contributed by atoms with Crippen LogP contribution in [-0.4, -0.2) is 35.5 Å². The van der Waals surface area contributed by atoms with E-state index in [1.807, 2.05) is 0 Å². The summed E-state index contributed by atoms with van der Waals surface area (Å²) in [7, 11) is 0. The number of alkyl halides is 9. The highest BCUT2D eigenvalue weighted by Gasteiger charge is 2.77. The van der Waals surface area contributed by atoms with Crippen LogP contribution in [0, 0.1) is 0 Å². The maximum Gasteiger partial charge on any atom is 0.443 e. The summed E-state index contributed by atoms with van der Waals surface area (Å²) in [6.07, 6.45) is -9.28. The summed E-state index contributed by atoms with van der Waals surface area (Å²) in [5.41, 5.74) is 0. The predicted octanol–water partition coefficient (Wildman–Crippen LogP) is 4.73. The molecule has 1 heterocycles. The largest absolute Gasteiger partial charge is 0.443 e. The lowest BCUT2D eigenvalue weighted by Gasteiger charge is -2.33. The number of hydrogen-bond donors (Lipinski definition) is 0. The van der Waals surface area contributed by atoms with Crippen molar-refractivity contribution in [3.05, 3.63) is 0 Å². The van der Waals surface area contributed by atoms with Crippen LogP contribution in [-0.2, 0) is 9.47 Å². The van der Waals surface area contributed by atoms with Gasteiger partial charge >= 0.3 is 18.0 Å². The van der Waals surface area contributed by atoms with Crippen LogP contribution in [0.5, 0.6) is 0 Å². The Morgan fingerprint density at radius 3 is 1.59 bits per heavy atom. The quantitative estimate of drug-likeness (QED) is 0.684. The molecule has 0 aliphatic carbocycles. The van der Waals surface area contributed by atoms with Gasteiger partial charge in [0.15, 0.2) is 0 Å². The van der Waals surface area contributed by atoms with Crippen LogP contribution in [0.3, 0.4) is 0 Å². The molecule has 2 nitrogen and oxygen atoms in total. The van der Waals surface area contributed by atoms with Gasteiger partial charge < -0.3 is 4.74 Å². The minimum absolute atomic E-state index is 0.0700. The topological polar surface area (TPSA) is 18.5 Å². The van der Waals surface area contributed by atoms with E-state index in [1.165, 1.54) is 0 Å². The first-order chi connectivity index (χ1) is 9.43. The Labute approximate surface area is 119 Å². The molecule has 1 rings (SSSR count). The molecule has 0 aromatic heterocycles. The lowest BCUT2D eigenvalue weighted by molar-refractivity contribution is -0.364. The highest BCUT2D eigenvalue weighted by Crippen LogP contribution is 2.57. The van der Waals surface area contributed by atoms with Gasteiger partial charge in [0.25, 0.3) is 17.5 Å². The number of ether oxygens (including phenoxy) is 2. The fourth-order valence-electron chi connectivity index (χ4n) is 1.85. The van der Waals surface area contributed by atoms with Crippen molar-refractivity contribution < 1.29 is 49.0 Å². The summed E-state index contributed by atoms with van der Waals surface area (Å²) in [6, 6.07) is 0. The standard InChI is InChI=1S/C11H13F9O2/c1-4-9(16)10(17,5-8(14,15)6(2,12)13)22-7(3,21-9)11(18,19)20/h4-5H2,1-3H3. The summed E-state index contributed by atoms with van der Waals surface area (Å²) in [6.45, 7) is 0.587. The van der Waals surface area contributed by atoms with Crippen molar-refractivity contribution >= 4 is 0 Å². The van der Waals surface area contributed by atoms with Crippen LogP contribution >= 0.6 is 0 Å². The molecule has 1 saturated heterocycles. The van der Waals surface area contributed by atoms with Gasteiger partial charge in [-0.3, -0.25) is 4.74 Å². The molecule has 3 unspecified atom stereocenters. The van der Waals surface area contributed by atoms with Crippen molar-refractivity contribution in [2.75, 3.05) is 0 Å². The van der Waals surface area contributed by atoms with Crippen LogP contribution < -0.4 is 0 Å². The summed E-state index contributed by atoms with van der Waals surface area (Å²) >= 11 is 0. The minimum atomic E-state index is -5.47. The molecule has 0 aromatic rings. The third-order valence-electron chi connectivity index (χ3n) is 3.33. The maximum absolute atomic E-state index is 14.4. The summed E-state index contributed by atoms with van der Waals surface area (Å²) < 4.78 is 126. The number of halogens is 9. The van der Waals surface area contributed by atoms with Gasteiger partial charge in [0.05, 0.1) is 6.42 Å². The average Bonchev–Trinajstić information content (AvgIpc) is 2.44. The molecular formula is C11H13F9O2. The summed E-state index contributed by atoms with van der Waals surface area (Å²) in [5.74, 6) is -22.2. The molecule has 0 radical (unpaired) electrons. The Balaban J connectivity index is 3.26. The van der Waals surface area contributed by atoms with Crippen LogP contribution in [0.2, 0.25) is 0 Å². The van der Waals surface area contributed by atoms with Gasteiger partial charge in [-0.15, -0.1) is 0 Å². The number of hydrogen-bond acceptors (Lipinski definition) is 2. The first kappa shape index (κ1) is 19.3. The third-order valence-corrected chi connectivity index (χ3v) is 3.33. The zero-order valence-electron chi connectivity index (χ0n) is 11.6. The van der Waals surface area contributed by atoms with E-state index in [4.69, 9.17) is 0 Å². The van der Waals surface area contributed by atoms with Crippen molar-refractivity contribution in [2.45, 2.75) is 69.1 Å². The van der Waals surface area contributed by atoms with E-state index < -0.39 is 48.4 Å². The minimum Gasteiger partial charge on any atom is -0.300 e. The van der Waals surface area contributed by atoms with Crippen LogP contribution in [0.15, 0.2) is 0 Å². The fraction of sp³-hybridized carbons (Fsp3) is 1.00. The van der Waals surface area contributed by atoms with Gasteiger partial charge in [0, 0.05) is 13.3 Å². The Bertz CT molecular complexity index is 432. The van der Waals surface area contributed by atoms with Gasteiger partial charge in [0.2, 0.25) is 0 Å². The van der Waals surface area contributed by atoms with Crippen molar-refractivity contribution in [1.29, 1.82) is 0 Å². The fourth-order valence-corrected chi connectivity index (χ4v) is 1.85. The van der Waals surface area contributed by atoms with Crippen LogP contribution in [0.1, 0.15) is 33.6 Å². The normalized spacial score (nSPS) is 37.6. The molecule has 0 N–H and O–H groups in total. The van der Waals surface area contributed by atoms with Crippen LogP contribution in [0.25, 0.3) is 0 Å². The second-order valence-corrected chi connectivity index (χ2v) is 5.23. The molecule has 0 amide bonds. The van der Waals surface area contributed by atoms with E-state index in [2.05, 4.69) is 9.47 Å². The van der Waals surface area contributed by atoms with Crippen molar-refractivity contribution in [3.8, 4) is 0 Å². The third kappa shape index (κ3) is 2.89.